The lowest BCUT2D eigenvalue weighted by molar-refractivity contribution is -0.121. The van der Waals surface area contributed by atoms with Crippen LogP contribution >= 0.6 is 11.6 Å². The van der Waals surface area contributed by atoms with E-state index in [0.717, 1.165) is 11.3 Å². The fraction of sp³-hybridized carbons (Fsp3) is 0.300. The van der Waals surface area contributed by atoms with Crippen LogP contribution in [0, 0.1) is 0 Å². The van der Waals surface area contributed by atoms with Crippen molar-refractivity contribution in [1.82, 2.24) is 10.6 Å². The molecule has 2 rings (SSSR count). The molecule has 0 aliphatic carbocycles. The first-order valence-corrected chi connectivity index (χ1v) is 8.93. The van der Waals surface area contributed by atoms with Gasteiger partial charge in [-0.25, -0.2) is 0 Å². The molecule has 7 heteroatoms. The summed E-state index contributed by atoms with van der Waals surface area (Å²) in [7, 11) is 3.18. The Morgan fingerprint density at radius 1 is 1.00 bits per heavy atom. The van der Waals surface area contributed by atoms with E-state index >= 15 is 0 Å². The molecule has 0 fully saturated rings. The van der Waals surface area contributed by atoms with Gasteiger partial charge in [-0.1, -0.05) is 23.7 Å². The molecule has 2 aromatic rings. The van der Waals surface area contributed by atoms with Crippen LogP contribution < -0.4 is 20.1 Å². The predicted octanol–water partition coefficient (Wildman–Crippen LogP) is 2.84. The molecule has 2 aromatic carbocycles. The Balaban J connectivity index is 1.74. The number of carbonyl (C=O) groups excluding carboxylic acids is 2. The summed E-state index contributed by atoms with van der Waals surface area (Å²) in [6, 6.07) is 12.3. The molecular formula is C20H23ClN2O4. The predicted molar refractivity (Wildman–Crippen MR) is 105 cm³/mol. The van der Waals surface area contributed by atoms with E-state index in [1.807, 2.05) is 18.2 Å². The topological polar surface area (TPSA) is 76.7 Å². The van der Waals surface area contributed by atoms with E-state index in [1.165, 1.54) is 0 Å². The molecule has 0 bridgehead atoms. The van der Waals surface area contributed by atoms with Gasteiger partial charge in [-0.15, -0.1) is 0 Å². The summed E-state index contributed by atoms with van der Waals surface area (Å²) in [5, 5.41) is 5.90. The van der Waals surface area contributed by atoms with Gasteiger partial charge >= 0.3 is 0 Å². The molecule has 0 aromatic heterocycles. The first-order chi connectivity index (χ1) is 13.0. The van der Waals surface area contributed by atoms with Crippen molar-refractivity contribution < 1.29 is 19.1 Å². The van der Waals surface area contributed by atoms with Gasteiger partial charge in [0.2, 0.25) is 5.91 Å². The largest absolute Gasteiger partial charge is 0.497 e. The van der Waals surface area contributed by atoms with Crippen LogP contribution in [0.25, 0.3) is 0 Å². The summed E-state index contributed by atoms with van der Waals surface area (Å²) in [5.74, 6) is 1.06. The van der Waals surface area contributed by atoms with E-state index in [0.29, 0.717) is 42.3 Å². The fourth-order valence-electron chi connectivity index (χ4n) is 2.53. The van der Waals surface area contributed by atoms with Crippen LogP contribution in [0.2, 0.25) is 5.02 Å². The third-order valence-corrected chi connectivity index (χ3v) is 4.29. The Morgan fingerprint density at radius 2 is 1.74 bits per heavy atom. The average Bonchev–Trinajstić information content (AvgIpc) is 2.69. The number of nitrogens with one attached hydrogen (secondary N) is 2. The number of methoxy groups -OCH3 is 2. The standard InChI is InChI=1S/C20H23ClN2O4/c1-26-15-8-9-18(27-2)14(13-15)7-10-19(24)22-11-12-23-20(25)16-5-3-4-6-17(16)21/h3-6,8-9,13H,7,10-12H2,1-2H3,(H,22,24)(H,23,25). The molecule has 0 saturated carbocycles. The Bertz CT molecular complexity index is 795. The Labute approximate surface area is 163 Å². The van der Waals surface area contributed by atoms with E-state index in [1.54, 1.807) is 38.5 Å². The van der Waals surface area contributed by atoms with Crippen molar-refractivity contribution >= 4 is 23.4 Å². The summed E-state index contributed by atoms with van der Waals surface area (Å²) in [5.41, 5.74) is 1.31. The molecule has 0 unspecified atom stereocenters. The highest BCUT2D eigenvalue weighted by atomic mass is 35.5. The quantitative estimate of drug-likeness (QED) is 0.645. The van der Waals surface area contributed by atoms with Crippen molar-refractivity contribution in [3.63, 3.8) is 0 Å². The fourth-order valence-corrected chi connectivity index (χ4v) is 2.75. The maximum absolute atomic E-state index is 12.0. The summed E-state index contributed by atoms with van der Waals surface area (Å²) in [4.78, 5) is 24.0. The maximum atomic E-state index is 12.0. The van der Waals surface area contributed by atoms with Crippen LogP contribution in [0.15, 0.2) is 42.5 Å². The second-order valence-corrected chi connectivity index (χ2v) is 6.17. The Kier molecular flexibility index (Phi) is 7.95. The van der Waals surface area contributed by atoms with Gasteiger partial charge in [-0.05, 0) is 42.3 Å². The molecule has 6 nitrogen and oxygen atoms in total. The van der Waals surface area contributed by atoms with E-state index in [2.05, 4.69) is 10.6 Å². The number of aryl methyl sites for hydroxylation is 1. The van der Waals surface area contributed by atoms with Crippen LogP contribution in [-0.2, 0) is 11.2 Å². The van der Waals surface area contributed by atoms with E-state index in [9.17, 15) is 9.59 Å². The van der Waals surface area contributed by atoms with Gasteiger partial charge in [-0.2, -0.15) is 0 Å². The summed E-state index contributed by atoms with van der Waals surface area (Å²) in [6.07, 6.45) is 0.834. The third-order valence-electron chi connectivity index (χ3n) is 3.96. The number of hydrogen-bond donors (Lipinski definition) is 2. The van der Waals surface area contributed by atoms with Crippen molar-refractivity contribution in [3.05, 3.63) is 58.6 Å². The number of carbonyl (C=O) groups is 2. The molecule has 0 aliphatic rings. The molecule has 0 saturated heterocycles. The highest BCUT2D eigenvalue weighted by molar-refractivity contribution is 6.33. The van der Waals surface area contributed by atoms with Gasteiger partial charge in [0.15, 0.2) is 0 Å². The van der Waals surface area contributed by atoms with Gasteiger partial charge in [-0.3, -0.25) is 9.59 Å². The molecule has 0 spiro atoms. The van der Waals surface area contributed by atoms with Crippen molar-refractivity contribution in [2.45, 2.75) is 12.8 Å². The number of hydrogen-bond acceptors (Lipinski definition) is 4. The number of halogens is 1. The molecular weight excluding hydrogens is 368 g/mol. The molecule has 0 atom stereocenters. The zero-order valence-electron chi connectivity index (χ0n) is 15.4. The number of benzene rings is 2. The number of rotatable bonds is 9. The van der Waals surface area contributed by atoms with Crippen molar-refractivity contribution in [3.8, 4) is 11.5 Å². The minimum Gasteiger partial charge on any atom is -0.497 e. The molecule has 0 radical (unpaired) electrons. The van der Waals surface area contributed by atoms with Crippen molar-refractivity contribution in [2.24, 2.45) is 0 Å². The second-order valence-electron chi connectivity index (χ2n) is 5.76. The van der Waals surface area contributed by atoms with E-state index in [-0.39, 0.29) is 11.8 Å². The van der Waals surface area contributed by atoms with Crippen molar-refractivity contribution in [2.75, 3.05) is 27.3 Å². The minimum atomic E-state index is -0.268. The van der Waals surface area contributed by atoms with Crippen LogP contribution in [0.1, 0.15) is 22.3 Å². The highest BCUT2D eigenvalue weighted by Crippen LogP contribution is 2.25. The lowest BCUT2D eigenvalue weighted by atomic mass is 10.1. The van der Waals surface area contributed by atoms with Crippen LogP contribution in [-0.4, -0.2) is 39.1 Å². The third kappa shape index (κ3) is 6.18. The molecule has 2 amide bonds. The van der Waals surface area contributed by atoms with E-state index in [4.69, 9.17) is 21.1 Å². The summed E-state index contributed by atoms with van der Waals surface area (Å²) in [6.45, 7) is 0.655. The van der Waals surface area contributed by atoms with Gasteiger partial charge < -0.3 is 20.1 Å². The average molecular weight is 391 g/mol. The highest BCUT2D eigenvalue weighted by Gasteiger charge is 2.10. The SMILES string of the molecule is COc1ccc(OC)c(CCC(=O)NCCNC(=O)c2ccccc2Cl)c1. The normalized spacial score (nSPS) is 10.2. The molecule has 27 heavy (non-hydrogen) atoms. The van der Waals surface area contributed by atoms with Gasteiger partial charge in [0, 0.05) is 19.5 Å². The molecule has 144 valence electrons. The smallest absolute Gasteiger partial charge is 0.252 e. The monoisotopic (exact) mass is 390 g/mol. The number of amides is 2. The zero-order valence-corrected chi connectivity index (χ0v) is 16.1. The summed E-state index contributed by atoms with van der Waals surface area (Å²) >= 11 is 5.98. The first kappa shape index (κ1) is 20.6. The van der Waals surface area contributed by atoms with Crippen LogP contribution in [0.5, 0.6) is 11.5 Å². The Hall–Kier alpha value is -2.73. The first-order valence-electron chi connectivity index (χ1n) is 8.55. The van der Waals surface area contributed by atoms with E-state index < -0.39 is 0 Å². The minimum absolute atomic E-state index is 0.105. The Morgan fingerprint density at radius 3 is 2.44 bits per heavy atom. The molecule has 0 heterocycles. The second kappa shape index (κ2) is 10.4. The van der Waals surface area contributed by atoms with Crippen LogP contribution in [0.3, 0.4) is 0 Å². The molecule has 0 aliphatic heterocycles. The molecule has 2 N–H and O–H groups in total. The summed E-state index contributed by atoms with van der Waals surface area (Å²) < 4.78 is 10.5. The maximum Gasteiger partial charge on any atom is 0.252 e. The van der Waals surface area contributed by atoms with Gasteiger partial charge in [0.1, 0.15) is 11.5 Å². The van der Waals surface area contributed by atoms with Gasteiger partial charge in [0.05, 0.1) is 24.8 Å². The lowest BCUT2D eigenvalue weighted by Crippen LogP contribution is -2.34. The number of ether oxygens (including phenoxy) is 2. The van der Waals surface area contributed by atoms with Crippen LogP contribution in [0.4, 0.5) is 0 Å². The van der Waals surface area contributed by atoms with Crippen molar-refractivity contribution in [1.29, 1.82) is 0 Å². The zero-order chi connectivity index (χ0) is 19.6. The van der Waals surface area contributed by atoms with Gasteiger partial charge in [0.25, 0.3) is 5.91 Å². The lowest BCUT2D eigenvalue weighted by Gasteiger charge is -2.11.